The molecular formula is C14H16F3NO. The lowest BCUT2D eigenvalue weighted by atomic mass is 10.0. The lowest BCUT2D eigenvalue weighted by molar-refractivity contribution is -0.139. The molecule has 1 N–H and O–H groups in total. The van der Waals surface area contributed by atoms with Crippen LogP contribution in [0.1, 0.15) is 31.2 Å². The first-order chi connectivity index (χ1) is 9.02. The number of halogens is 3. The fourth-order valence-corrected chi connectivity index (χ4v) is 3.08. The molecule has 2 heterocycles. The van der Waals surface area contributed by atoms with E-state index in [1.165, 1.54) is 12.1 Å². The van der Waals surface area contributed by atoms with Crippen LogP contribution >= 0.6 is 0 Å². The number of rotatable bonds is 2. The summed E-state index contributed by atoms with van der Waals surface area (Å²) in [5.41, 5.74) is -0.680. The van der Waals surface area contributed by atoms with E-state index in [2.05, 4.69) is 5.32 Å². The van der Waals surface area contributed by atoms with Crippen molar-refractivity contribution in [3.63, 3.8) is 0 Å². The summed E-state index contributed by atoms with van der Waals surface area (Å²) in [6.07, 6.45) is -0.674. The Hall–Kier alpha value is -1.23. The van der Waals surface area contributed by atoms with E-state index in [0.29, 0.717) is 12.1 Å². The van der Waals surface area contributed by atoms with Gasteiger partial charge in [0.1, 0.15) is 11.9 Å². The second-order valence-electron chi connectivity index (χ2n) is 5.34. The first-order valence-corrected chi connectivity index (χ1v) is 6.61. The average Bonchev–Trinajstić information content (AvgIpc) is 2.68. The molecule has 2 aliphatic rings. The summed E-state index contributed by atoms with van der Waals surface area (Å²) in [7, 11) is 0. The third kappa shape index (κ3) is 2.71. The average molecular weight is 271 g/mol. The summed E-state index contributed by atoms with van der Waals surface area (Å²) in [6.45, 7) is 0. The van der Waals surface area contributed by atoms with Crippen LogP contribution in [0.4, 0.5) is 13.2 Å². The molecule has 0 spiro atoms. The van der Waals surface area contributed by atoms with Gasteiger partial charge in [-0.25, -0.2) is 0 Å². The molecule has 1 aromatic carbocycles. The highest BCUT2D eigenvalue weighted by Gasteiger charge is 2.37. The number of hydrogen-bond donors (Lipinski definition) is 1. The lowest BCUT2D eigenvalue weighted by Gasteiger charge is -2.30. The highest BCUT2D eigenvalue weighted by atomic mass is 19.4. The van der Waals surface area contributed by atoms with Crippen LogP contribution < -0.4 is 10.1 Å². The van der Waals surface area contributed by atoms with Crippen molar-refractivity contribution in [2.45, 2.75) is 50.0 Å². The zero-order valence-electron chi connectivity index (χ0n) is 10.4. The largest absolute Gasteiger partial charge is 0.490 e. The maximum atomic E-state index is 12.9. The van der Waals surface area contributed by atoms with E-state index in [-0.39, 0.29) is 11.9 Å². The molecule has 0 amide bonds. The van der Waals surface area contributed by atoms with Gasteiger partial charge < -0.3 is 10.1 Å². The second kappa shape index (κ2) is 4.71. The summed E-state index contributed by atoms with van der Waals surface area (Å²) in [4.78, 5) is 0. The van der Waals surface area contributed by atoms with E-state index in [9.17, 15) is 13.2 Å². The molecule has 3 rings (SSSR count). The summed E-state index contributed by atoms with van der Waals surface area (Å²) < 4.78 is 44.3. The maximum Gasteiger partial charge on any atom is 0.419 e. The molecule has 19 heavy (non-hydrogen) atoms. The summed E-state index contributed by atoms with van der Waals surface area (Å²) in [6, 6.07) is 6.27. The Kier molecular flexibility index (Phi) is 3.17. The Morgan fingerprint density at radius 1 is 1.05 bits per heavy atom. The lowest BCUT2D eigenvalue weighted by Crippen LogP contribution is -2.42. The molecule has 1 aromatic rings. The molecule has 2 unspecified atom stereocenters. The molecule has 104 valence electrons. The van der Waals surface area contributed by atoms with Crippen molar-refractivity contribution in [2.24, 2.45) is 0 Å². The van der Waals surface area contributed by atoms with Crippen molar-refractivity contribution in [2.75, 3.05) is 0 Å². The molecule has 2 atom stereocenters. The standard InChI is InChI=1S/C14H16F3NO/c15-14(16,17)12-3-1-2-4-13(12)19-11-7-9-5-6-10(8-11)18-9/h1-4,9-11,18H,5-8H2. The van der Waals surface area contributed by atoms with Crippen molar-refractivity contribution < 1.29 is 17.9 Å². The number of fused-ring (bicyclic) bond motifs is 2. The van der Waals surface area contributed by atoms with E-state index in [4.69, 9.17) is 4.74 Å². The van der Waals surface area contributed by atoms with Gasteiger partial charge in [0, 0.05) is 12.1 Å². The molecule has 5 heteroatoms. The predicted molar refractivity (Wildman–Crippen MR) is 65.0 cm³/mol. The van der Waals surface area contributed by atoms with Crippen molar-refractivity contribution in [1.29, 1.82) is 0 Å². The third-order valence-electron chi connectivity index (χ3n) is 3.92. The molecule has 0 radical (unpaired) electrons. The topological polar surface area (TPSA) is 21.3 Å². The molecule has 2 fully saturated rings. The first kappa shape index (κ1) is 12.8. The molecule has 0 saturated carbocycles. The van der Waals surface area contributed by atoms with Crippen molar-refractivity contribution in [3.8, 4) is 5.75 Å². The minimum absolute atomic E-state index is 0.0405. The van der Waals surface area contributed by atoms with Crippen LogP contribution in [-0.4, -0.2) is 18.2 Å². The quantitative estimate of drug-likeness (QED) is 0.890. The van der Waals surface area contributed by atoms with Gasteiger partial charge in [-0.3, -0.25) is 0 Å². The second-order valence-corrected chi connectivity index (χ2v) is 5.34. The fourth-order valence-electron chi connectivity index (χ4n) is 3.08. The smallest absolute Gasteiger partial charge is 0.419 e. The molecule has 0 aliphatic carbocycles. The zero-order valence-corrected chi connectivity index (χ0v) is 10.4. The minimum Gasteiger partial charge on any atom is -0.490 e. The van der Waals surface area contributed by atoms with E-state index >= 15 is 0 Å². The Morgan fingerprint density at radius 2 is 1.68 bits per heavy atom. The number of alkyl halides is 3. The van der Waals surface area contributed by atoms with Crippen LogP contribution in [0.15, 0.2) is 24.3 Å². The van der Waals surface area contributed by atoms with Gasteiger partial charge in [0.2, 0.25) is 0 Å². The van der Waals surface area contributed by atoms with E-state index < -0.39 is 11.7 Å². The van der Waals surface area contributed by atoms with Crippen molar-refractivity contribution in [1.82, 2.24) is 5.32 Å². The summed E-state index contributed by atoms with van der Waals surface area (Å²) in [5.74, 6) is -0.0405. The summed E-state index contributed by atoms with van der Waals surface area (Å²) in [5, 5.41) is 3.45. The number of para-hydroxylation sites is 1. The van der Waals surface area contributed by atoms with Gasteiger partial charge in [0.05, 0.1) is 5.56 Å². The monoisotopic (exact) mass is 271 g/mol. The van der Waals surface area contributed by atoms with E-state index in [1.807, 2.05) is 0 Å². The minimum atomic E-state index is -4.36. The van der Waals surface area contributed by atoms with Gasteiger partial charge in [-0.05, 0) is 37.8 Å². The highest BCUT2D eigenvalue weighted by molar-refractivity contribution is 5.35. The Morgan fingerprint density at radius 3 is 2.32 bits per heavy atom. The molecular weight excluding hydrogens is 255 g/mol. The van der Waals surface area contributed by atoms with Crippen LogP contribution in [0.3, 0.4) is 0 Å². The third-order valence-corrected chi connectivity index (χ3v) is 3.92. The Bertz CT molecular complexity index is 448. The first-order valence-electron chi connectivity index (χ1n) is 6.61. The van der Waals surface area contributed by atoms with Crippen LogP contribution in [-0.2, 0) is 6.18 Å². The number of piperidine rings is 1. The van der Waals surface area contributed by atoms with Gasteiger partial charge in [-0.1, -0.05) is 12.1 Å². The van der Waals surface area contributed by atoms with Gasteiger partial charge >= 0.3 is 6.18 Å². The predicted octanol–water partition coefficient (Wildman–Crippen LogP) is 3.37. The van der Waals surface area contributed by atoms with Crippen LogP contribution in [0.5, 0.6) is 5.75 Å². The normalized spacial score (nSPS) is 30.4. The number of ether oxygens (including phenoxy) is 1. The summed E-state index contributed by atoms with van der Waals surface area (Å²) >= 11 is 0. The van der Waals surface area contributed by atoms with Gasteiger partial charge in [0.25, 0.3) is 0 Å². The molecule has 0 aromatic heterocycles. The Labute approximate surface area is 109 Å². The maximum absolute atomic E-state index is 12.9. The van der Waals surface area contributed by atoms with Crippen LogP contribution in [0, 0.1) is 0 Å². The van der Waals surface area contributed by atoms with E-state index in [1.54, 1.807) is 6.07 Å². The number of nitrogens with one attached hydrogen (secondary N) is 1. The fraction of sp³-hybridized carbons (Fsp3) is 0.571. The highest BCUT2D eigenvalue weighted by Crippen LogP contribution is 2.38. The van der Waals surface area contributed by atoms with Gasteiger partial charge in [-0.2, -0.15) is 13.2 Å². The van der Waals surface area contributed by atoms with Gasteiger partial charge in [0.15, 0.2) is 0 Å². The van der Waals surface area contributed by atoms with Crippen LogP contribution in [0.25, 0.3) is 0 Å². The molecule has 2 nitrogen and oxygen atoms in total. The zero-order chi connectivity index (χ0) is 13.5. The van der Waals surface area contributed by atoms with Crippen molar-refractivity contribution in [3.05, 3.63) is 29.8 Å². The van der Waals surface area contributed by atoms with Gasteiger partial charge in [-0.15, -0.1) is 0 Å². The molecule has 2 bridgehead atoms. The number of hydrogen-bond acceptors (Lipinski definition) is 2. The SMILES string of the molecule is FC(F)(F)c1ccccc1OC1CC2CCC(C1)N2. The molecule has 2 saturated heterocycles. The Balaban J connectivity index is 1.76. The van der Waals surface area contributed by atoms with E-state index in [0.717, 1.165) is 31.7 Å². The number of benzene rings is 1. The molecule has 2 aliphatic heterocycles. The van der Waals surface area contributed by atoms with Crippen LogP contribution in [0.2, 0.25) is 0 Å². The van der Waals surface area contributed by atoms with Crippen molar-refractivity contribution >= 4 is 0 Å².